The molecule has 4 aromatic carbocycles. The van der Waals surface area contributed by atoms with E-state index < -0.39 is 0 Å². The van der Waals surface area contributed by atoms with Gasteiger partial charge in [0.2, 0.25) is 5.91 Å². The summed E-state index contributed by atoms with van der Waals surface area (Å²) in [6, 6.07) is 29.2. The fourth-order valence-electron chi connectivity index (χ4n) is 4.21. The van der Waals surface area contributed by atoms with Crippen LogP contribution in [0.4, 0.5) is 0 Å². The highest BCUT2D eigenvalue weighted by Crippen LogP contribution is 2.21. The number of fused-ring (bicyclic) bond motifs is 1. The van der Waals surface area contributed by atoms with Gasteiger partial charge in [-0.3, -0.25) is 14.4 Å². The van der Waals surface area contributed by atoms with Gasteiger partial charge in [0.05, 0.1) is 11.8 Å². The highest BCUT2D eigenvalue weighted by Gasteiger charge is 2.14. The molecule has 1 amide bonds. The van der Waals surface area contributed by atoms with E-state index in [2.05, 4.69) is 37.4 Å². The van der Waals surface area contributed by atoms with Crippen LogP contribution >= 0.6 is 0 Å². The van der Waals surface area contributed by atoms with Crippen molar-refractivity contribution in [1.82, 2.24) is 5.32 Å². The van der Waals surface area contributed by atoms with E-state index in [0.717, 1.165) is 30.0 Å². The Kier molecular flexibility index (Phi) is 28.8. The molecule has 0 radical (unpaired) electrons. The van der Waals surface area contributed by atoms with Crippen LogP contribution in [0.25, 0.3) is 10.8 Å². The molecule has 0 saturated carbocycles. The van der Waals surface area contributed by atoms with Crippen LogP contribution in [0, 0.1) is 31.6 Å². The molecular weight excluding hydrogens is 647 g/mol. The molecule has 0 aliphatic heterocycles. The maximum Gasteiger partial charge on any atom is 0.314 e. The Hall–Kier alpha value is -4.45. The van der Waals surface area contributed by atoms with Crippen molar-refractivity contribution in [3.05, 3.63) is 108 Å². The zero-order valence-corrected chi connectivity index (χ0v) is 34.8. The van der Waals surface area contributed by atoms with Gasteiger partial charge >= 0.3 is 11.9 Å². The average molecular weight is 716 g/mol. The molecule has 288 valence electrons. The summed E-state index contributed by atoms with van der Waals surface area (Å²) in [6.07, 6.45) is 2.50. The molecule has 3 unspecified atom stereocenters. The fraction of sp³-hybridized carbons (Fsp3) is 0.457. The number of para-hydroxylation sites is 1. The summed E-state index contributed by atoms with van der Waals surface area (Å²) in [5.41, 5.74) is 3.66. The Labute approximate surface area is 316 Å². The molecule has 0 saturated heterocycles. The number of aryl methyl sites for hydroxylation is 2. The zero-order chi connectivity index (χ0) is 40.1. The molecule has 6 nitrogen and oxygen atoms in total. The molecule has 0 heterocycles. The van der Waals surface area contributed by atoms with Crippen LogP contribution in [-0.4, -0.2) is 17.8 Å². The average Bonchev–Trinajstić information content (AvgIpc) is 3.18. The Balaban J connectivity index is 0. The Morgan fingerprint density at radius 3 is 1.46 bits per heavy atom. The predicted molar refractivity (Wildman–Crippen MR) is 222 cm³/mol. The minimum Gasteiger partial charge on any atom is -0.426 e. The smallest absolute Gasteiger partial charge is 0.314 e. The highest BCUT2D eigenvalue weighted by atomic mass is 16.5. The molecule has 6 heteroatoms. The lowest BCUT2D eigenvalue weighted by Gasteiger charge is -2.10. The first-order valence-corrected chi connectivity index (χ1v) is 19.3. The summed E-state index contributed by atoms with van der Waals surface area (Å²) < 4.78 is 10.5. The second-order valence-corrected chi connectivity index (χ2v) is 11.8. The third-order valence-electron chi connectivity index (χ3n) is 7.74. The SMILES string of the molecule is CC.CC.CC.CCC(C)C(=O)NCc1cc(C)cc(C)c1.CCC(C)C(=O)Oc1ccc2ccccc2c1.CCC(C)C(=O)Oc1ccccc1. The standard InChI is InChI=1S/C15H16O2.C14H21NO.C11H14O2.3C2H6/c1-3-11(2)15(16)17-14-9-8-12-6-4-5-7-13(12)10-14;1-5-12(4)14(16)15-9-13-7-10(2)6-11(3)8-13;1-3-9(2)11(12)13-10-7-5-4-6-8-10;3*1-2/h4-11H,3H2,1-2H3;6-8,12H,5,9H2,1-4H3,(H,15,16);4-9H,3H2,1-2H3;3*1-2H3. The number of ether oxygens (including phenoxy) is 2. The summed E-state index contributed by atoms with van der Waals surface area (Å²) >= 11 is 0. The van der Waals surface area contributed by atoms with Crippen LogP contribution in [0.1, 0.15) is 119 Å². The van der Waals surface area contributed by atoms with Gasteiger partial charge in [-0.1, -0.05) is 161 Å². The number of hydrogen-bond acceptors (Lipinski definition) is 5. The first-order chi connectivity index (χ1) is 25.0. The first-order valence-electron chi connectivity index (χ1n) is 19.3. The van der Waals surface area contributed by atoms with E-state index in [1.165, 1.54) is 16.7 Å². The monoisotopic (exact) mass is 716 g/mol. The summed E-state index contributed by atoms with van der Waals surface area (Å²) in [5, 5.41) is 5.20. The second kappa shape index (κ2) is 30.2. The predicted octanol–water partition coefficient (Wildman–Crippen LogP) is 12.5. The van der Waals surface area contributed by atoms with Gasteiger partial charge in [0.25, 0.3) is 0 Å². The van der Waals surface area contributed by atoms with Crippen molar-refractivity contribution in [2.45, 2.75) is 123 Å². The Bertz CT molecular complexity index is 1510. The second-order valence-electron chi connectivity index (χ2n) is 11.8. The largest absolute Gasteiger partial charge is 0.426 e. The molecule has 1 N–H and O–H groups in total. The van der Waals surface area contributed by atoms with Gasteiger partial charge in [-0.25, -0.2) is 0 Å². The molecule has 0 spiro atoms. The molecule has 52 heavy (non-hydrogen) atoms. The lowest BCUT2D eigenvalue weighted by atomic mass is 10.1. The molecule has 0 aliphatic carbocycles. The number of hydrogen-bond donors (Lipinski definition) is 1. The van der Waals surface area contributed by atoms with Gasteiger partial charge in [0.15, 0.2) is 0 Å². The Morgan fingerprint density at radius 2 is 0.981 bits per heavy atom. The van der Waals surface area contributed by atoms with Gasteiger partial charge in [0, 0.05) is 12.5 Å². The first kappa shape index (κ1) is 49.7. The van der Waals surface area contributed by atoms with Crippen molar-refractivity contribution in [2.75, 3.05) is 0 Å². The van der Waals surface area contributed by atoms with Crippen molar-refractivity contribution < 1.29 is 23.9 Å². The van der Waals surface area contributed by atoms with Gasteiger partial charge in [-0.15, -0.1) is 0 Å². The molecular formula is C46H69NO5. The van der Waals surface area contributed by atoms with E-state index in [4.69, 9.17) is 9.47 Å². The van der Waals surface area contributed by atoms with E-state index in [1.54, 1.807) is 12.1 Å². The van der Waals surface area contributed by atoms with Crippen LogP contribution in [0.15, 0.2) is 91.0 Å². The number of esters is 2. The third-order valence-corrected chi connectivity index (χ3v) is 7.74. The maximum atomic E-state index is 11.7. The summed E-state index contributed by atoms with van der Waals surface area (Å²) in [5.74, 6) is 1.08. The van der Waals surface area contributed by atoms with Crippen LogP contribution in [0.5, 0.6) is 11.5 Å². The number of benzene rings is 4. The molecule has 4 rings (SSSR count). The summed E-state index contributed by atoms with van der Waals surface area (Å²) in [4.78, 5) is 34.6. The summed E-state index contributed by atoms with van der Waals surface area (Å²) in [7, 11) is 0. The van der Waals surface area contributed by atoms with Gasteiger partial charge in [0.1, 0.15) is 11.5 Å². The number of amides is 1. The van der Waals surface area contributed by atoms with Crippen molar-refractivity contribution >= 4 is 28.6 Å². The van der Waals surface area contributed by atoms with Gasteiger partial charge < -0.3 is 14.8 Å². The lowest BCUT2D eigenvalue weighted by Crippen LogP contribution is -2.28. The van der Waals surface area contributed by atoms with Crippen molar-refractivity contribution in [2.24, 2.45) is 17.8 Å². The fourth-order valence-corrected chi connectivity index (χ4v) is 4.21. The molecule has 0 bridgehead atoms. The van der Waals surface area contributed by atoms with E-state index >= 15 is 0 Å². The van der Waals surface area contributed by atoms with Gasteiger partial charge in [-0.2, -0.15) is 0 Å². The van der Waals surface area contributed by atoms with Crippen LogP contribution in [0.2, 0.25) is 0 Å². The van der Waals surface area contributed by atoms with E-state index in [9.17, 15) is 14.4 Å². The van der Waals surface area contributed by atoms with Gasteiger partial charge in [-0.05, 0) is 73.7 Å². The minimum absolute atomic E-state index is 0.0276. The normalized spacial score (nSPS) is 11.2. The topological polar surface area (TPSA) is 81.7 Å². The van der Waals surface area contributed by atoms with Crippen molar-refractivity contribution in [1.29, 1.82) is 0 Å². The third kappa shape index (κ3) is 20.4. The maximum absolute atomic E-state index is 11.7. The number of carbonyl (C=O) groups is 3. The van der Waals surface area contributed by atoms with Crippen molar-refractivity contribution in [3.63, 3.8) is 0 Å². The zero-order valence-electron chi connectivity index (χ0n) is 34.8. The van der Waals surface area contributed by atoms with E-state index in [-0.39, 0.29) is 35.6 Å². The Morgan fingerprint density at radius 1 is 0.538 bits per heavy atom. The number of nitrogens with one attached hydrogen (secondary N) is 1. The molecule has 0 aliphatic rings. The van der Waals surface area contributed by atoms with E-state index in [1.807, 2.05) is 144 Å². The molecule has 4 aromatic rings. The number of rotatable bonds is 10. The van der Waals surface area contributed by atoms with Crippen LogP contribution in [0.3, 0.4) is 0 Å². The lowest BCUT2D eigenvalue weighted by molar-refractivity contribution is -0.139. The molecule has 3 atom stereocenters. The van der Waals surface area contributed by atoms with Crippen LogP contribution < -0.4 is 14.8 Å². The quantitative estimate of drug-likeness (QED) is 0.131. The van der Waals surface area contributed by atoms with E-state index in [0.29, 0.717) is 18.0 Å². The summed E-state index contributed by atoms with van der Waals surface area (Å²) in [6.45, 7) is 28.5. The highest BCUT2D eigenvalue weighted by molar-refractivity contribution is 5.85. The van der Waals surface area contributed by atoms with Crippen molar-refractivity contribution in [3.8, 4) is 11.5 Å². The van der Waals surface area contributed by atoms with Crippen LogP contribution in [-0.2, 0) is 20.9 Å². The number of carbonyl (C=O) groups excluding carboxylic acids is 3. The minimum atomic E-state index is -0.164. The molecule has 0 aromatic heterocycles. The molecule has 0 fully saturated rings.